The minimum atomic E-state index is 0.417. The maximum absolute atomic E-state index is 3.36. The molecule has 0 bridgehead atoms. The molecule has 0 radical (unpaired) electrons. The lowest BCUT2D eigenvalue weighted by Crippen LogP contribution is -1.73. The van der Waals surface area contributed by atoms with Gasteiger partial charge in [-0.05, 0) is 11.1 Å². The van der Waals surface area contributed by atoms with Gasteiger partial charge >= 0.3 is 0 Å². The zero-order valence-electron chi connectivity index (χ0n) is 12.0. The van der Waals surface area contributed by atoms with E-state index in [0.29, 0.717) is 9.52 Å². The fourth-order valence-electron chi connectivity index (χ4n) is 1.26. The summed E-state index contributed by atoms with van der Waals surface area (Å²) in [4.78, 5) is 0. The van der Waals surface area contributed by atoms with Crippen molar-refractivity contribution in [3.8, 4) is 11.1 Å². The molecule has 0 spiro atoms. The molecule has 0 saturated carbocycles. The van der Waals surface area contributed by atoms with Crippen LogP contribution in [0.15, 0.2) is 86.0 Å². The Morgan fingerprint density at radius 1 is 0.684 bits per heavy atom. The predicted octanol–water partition coefficient (Wildman–Crippen LogP) is 4.96. The zero-order valence-corrected chi connectivity index (χ0v) is 13.5. The van der Waals surface area contributed by atoms with Gasteiger partial charge in [0.25, 0.3) is 0 Å². The molecule has 0 unspecified atom stereocenters. The predicted molar refractivity (Wildman–Crippen MR) is 92.5 cm³/mol. The Balaban J connectivity index is 0.000000393. The number of hydrogen-bond acceptors (Lipinski definition) is 0. The van der Waals surface area contributed by atoms with Crippen LogP contribution in [-0.4, -0.2) is 9.52 Å². The maximum Gasteiger partial charge on any atom is 0.0135 e. The molecular formula is C18H24Si. The highest BCUT2D eigenvalue weighted by atomic mass is 28.2. The molecule has 100 valence electrons. The molecule has 0 heterocycles. The summed E-state index contributed by atoms with van der Waals surface area (Å²) >= 11 is 0. The molecule has 0 fully saturated rings. The van der Waals surface area contributed by atoms with E-state index in [1.54, 1.807) is 12.2 Å². The summed E-state index contributed by atoms with van der Waals surface area (Å²) in [5, 5.41) is 0. The molecular weight excluding hydrogens is 244 g/mol. The first-order valence-electron chi connectivity index (χ1n) is 6.64. The summed E-state index contributed by atoms with van der Waals surface area (Å²) in [6.07, 6.45) is 3.28. The second-order valence-corrected chi connectivity index (χ2v) is 5.32. The van der Waals surface area contributed by atoms with Crippen LogP contribution < -0.4 is 0 Å². The Labute approximate surface area is 120 Å². The van der Waals surface area contributed by atoms with Crippen LogP contribution in [0.1, 0.15) is 0 Å². The third-order valence-electron chi connectivity index (χ3n) is 2.05. The molecule has 0 N–H and O–H groups in total. The molecule has 1 heteroatoms. The normalized spacial score (nSPS) is 8.11. The first-order chi connectivity index (χ1) is 9.29. The molecule has 0 aliphatic heterocycles. The lowest BCUT2D eigenvalue weighted by Gasteiger charge is -1.98. The zero-order chi connectivity index (χ0) is 14.3. The van der Waals surface area contributed by atoms with Crippen LogP contribution in [0.4, 0.5) is 0 Å². The average Bonchev–Trinajstić information content (AvgIpc) is 2.50. The highest BCUT2D eigenvalue weighted by molar-refractivity contribution is 6.31. The summed E-state index contributed by atoms with van der Waals surface area (Å²) in [5.74, 6) is 0. The number of rotatable bonds is 2. The third-order valence-corrected chi connectivity index (χ3v) is 2.05. The summed E-state index contributed by atoms with van der Waals surface area (Å²) in [5.41, 5.74) is 2.55. The van der Waals surface area contributed by atoms with E-state index in [2.05, 4.69) is 74.8 Å². The van der Waals surface area contributed by atoms with Gasteiger partial charge in [0.1, 0.15) is 0 Å². The smallest absolute Gasteiger partial charge is 0.0135 e. The van der Waals surface area contributed by atoms with Crippen molar-refractivity contribution < 1.29 is 0 Å². The van der Waals surface area contributed by atoms with Gasteiger partial charge in [0.05, 0.1) is 0 Å². The van der Waals surface area contributed by atoms with E-state index < -0.39 is 0 Å². The van der Waals surface area contributed by atoms with Crippen LogP contribution in [0.2, 0.25) is 13.1 Å². The van der Waals surface area contributed by atoms with E-state index in [1.165, 1.54) is 11.1 Å². The van der Waals surface area contributed by atoms with Crippen LogP contribution in [0, 0.1) is 0 Å². The van der Waals surface area contributed by atoms with Crippen molar-refractivity contribution in [1.29, 1.82) is 0 Å². The standard InChI is InChI=1S/C12H10.C4H6.C2H8Si/c1-3-7-11(8-4-1)12-9-5-2-6-10-12;1-3-4-2;1-3-2/h1-10H;3-4H,1-2H2;3H2,1-2H3. The monoisotopic (exact) mass is 268 g/mol. The van der Waals surface area contributed by atoms with E-state index in [-0.39, 0.29) is 0 Å². The van der Waals surface area contributed by atoms with Crippen molar-refractivity contribution in [1.82, 2.24) is 0 Å². The van der Waals surface area contributed by atoms with Crippen LogP contribution in [0.3, 0.4) is 0 Å². The third kappa shape index (κ3) is 8.81. The van der Waals surface area contributed by atoms with Crippen LogP contribution in [0.25, 0.3) is 11.1 Å². The van der Waals surface area contributed by atoms with E-state index in [0.717, 1.165) is 0 Å². The Morgan fingerprint density at radius 2 is 0.947 bits per heavy atom. The Morgan fingerprint density at radius 3 is 1.16 bits per heavy atom. The Bertz CT molecular complexity index is 388. The Hall–Kier alpha value is -1.86. The van der Waals surface area contributed by atoms with Gasteiger partial charge in [-0.3, -0.25) is 0 Å². The first kappa shape index (κ1) is 17.1. The summed E-state index contributed by atoms with van der Waals surface area (Å²) in [7, 11) is 0.417. The molecule has 19 heavy (non-hydrogen) atoms. The quantitative estimate of drug-likeness (QED) is 0.533. The van der Waals surface area contributed by atoms with Gasteiger partial charge in [-0.25, -0.2) is 0 Å². The Kier molecular flexibility index (Phi) is 11.4. The summed E-state index contributed by atoms with van der Waals surface area (Å²) < 4.78 is 0. The lowest BCUT2D eigenvalue weighted by molar-refractivity contribution is 1.62. The van der Waals surface area contributed by atoms with Crippen LogP contribution in [0.5, 0.6) is 0 Å². The van der Waals surface area contributed by atoms with Gasteiger partial charge < -0.3 is 0 Å². The second kappa shape index (κ2) is 12.6. The number of benzene rings is 2. The molecule has 2 rings (SSSR count). The fraction of sp³-hybridized carbons (Fsp3) is 0.111. The minimum absolute atomic E-state index is 0.417. The highest BCUT2D eigenvalue weighted by Gasteiger charge is 1.91. The topological polar surface area (TPSA) is 0 Å². The molecule has 0 saturated heterocycles. The van der Waals surface area contributed by atoms with E-state index in [9.17, 15) is 0 Å². The van der Waals surface area contributed by atoms with Gasteiger partial charge in [0.15, 0.2) is 0 Å². The van der Waals surface area contributed by atoms with Crippen LogP contribution in [-0.2, 0) is 0 Å². The lowest BCUT2D eigenvalue weighted by atomic mass is 10.1. The van der Waals surface area contributed by atoms with Crippen molar-refractivity contribution in [2.75, 3.05) is 0 Å². The minimum Gasteiger partial charge on any atom is -0.0991 e. The highest BCUT2D eigenvalue weighted by Crippen LogP contribution is 2.17. The molecule has 0 nitrogen and oxygen atoms in total. The van der Waals surface area contributed by atoms with E-state index in [4.69, 9.17) is 0 Å². The molecule has 0 aliphatic carbocycles. The molecule has 0 aliphatic rings. The van der Waals surface area contributed by atoms with E-state index >= 15 is 0 Å². The van der Waals surface area contributed by atoms with Gasteiger partial charge in [-0.15, -0.1) is 0 Å². The van der Waals surface area contributed by atoms with Crippen molar-refractivity contribution in [2.45, 2.75) is 13.1 Å². The average molecular weight is 268 g/mol. The largest absolute Gasteiger partial charge is 0.0991 e. The van der Waals surface area contributed by atoms with Crippen molar-refractivity contribution in [3.05, 3.63) is 86.0 Å². The first-order valence-corrected chi connectivity index (χ1v) is 9.46. The number of allylic oxidation sites excluding steroid dienone is 2. The van der Waals surface area contributed by atoms with Gasteiger partial charge in [0.2, 0.25) is 0 Å². The van der Waals surface area contributed by atoms with Gasteiger partial charge in [0, 0.05) is 9.52 Å². The summed E-state index contributed by atoms with van der Waals surface area (Å²) in [6.45, 7) is 11.2. The molecule has 0 atom stereocenters. The van der Waals surface area contributed by atoms with Crippen molar-refractivity contribution in [3.63, 3.8) is 0 Å². The molecule has 2 aromatic carbocycles. The summed E-state index contributed by atoms with van der Waals surface area (Å²) in [6, 6.07) is 20.8. The van der Waals surface area contributed by atoms with Gasteiger partial charge in [-0.2, -0.15) is 0 Å². The van der Waals surface area contributed by atoms with E-state index in [1.807, 2.05) is 12.1 Å². The molecule has 0 amide bonds. The maximum atomic E-state index is 3.36. The molecule has 2 aromatic rings. The van der Waals surface area contributed by atoms with Crippen molar-refractivity contribution in [2.24, 2.45) is 0 Å². The van der Waals surface area contributed by atoms with Crippen molar-refractivity contribution >= 4 is 9.52 Å². The number of hydrogen-bond donors (Lipinski definition) is 0. The van der Waals surface area contributed by atoms with Crippen LogP contribution >= 0.6 is 0 Å². The fourth-order valence-corrected chi connectivity index (χ4v) is 1.26. The SMILES string of the molecule is C=CC=C.C[SiH2]C.c1ccc(-c2ccccc2)cc1. The molecule has 0 aromatic heterocycles. The second-order valence-electron chi connectivity index (χ2n) is 3.91. The van der Waals surface area contributed by atoms with Gasteiger partial charge in [-0.1, -0.05) is 99.1 Å².